The van der Waals surface area contributed by atoms with Crippen molar-refractivity contribution in [3.63, 3.8) is 0 Å². The van der Waals surface area contributed by atoms with Crippen molar-refractivity contribution in [2.45, 2.75) is 0 Å². The third-order valence-corrected chi connectivity index (χ3v) is 2.78. The lowest BCUT2D eigenvalue weighted by molar-refractivity contribution is 0.0697. The second kappa shape index (κ2) is 4.74. The molecule has 0 unspecified atom stereocenters. The smallest absolute Gasteiger partial charge is 0.337 e. The zero-order chi connectivity index (χ0) is 13.3. The Labute approximate surface area is 106 Å². The van der Waals surface area contributed by atoms with Crippen LogP contribution in [0.25, 0.3) is 11.1 Å². The van der Waals surface area contributed by atoms with Gasteiger partial charge in [-0.25, -0.2) is 13.6 Å². The molecule has 0 fully saturated rings. The van der Waals surface area contributed by atoms with Crippen LogP contribution in [0.15, 0.2) is 36.4 Å². The van der Waals surface area contributed by atoms with E-state index in [1.165, 1.54) is 18.2 Å². The lowest BCUT2D eigenvalue weighted by atomic mass is 10.0. The van der Waals surface area contributed by atoms with E-state index in [0.29, 0.717) is 11.1 Å². The Morgan fingerprint density at radius 3 is 2.22 bits per heavy atom. The molecule has 0 saturated carbocycles. The second-order valence-corrected chi connectivity index (χ2v) is 4.04. The molecule has 0 saturated heterocycles. The van der Waals surface area contributed by atoms with Crippen molar-refractivity contribution >= 4 is 17.6 Å². The number of carboxylic acids is 1. The zero-order valence-electron chi connectivity index (χ0n) is 8.95. The molecule has 0 spiro atoms. The fourth-order valence-electron chi connectivity index (χ4n) is 1.54. The SMILES string of the molecule is O=C(O)c1cc(-c2ccc(F)c(F)c2)ccc1Cl. The lowest BCUT2D eigenvalue weighted by Gasteiger charge is -2.05. The second-order valence-electron chi connectivity index (χ2n) is 3.63. The summed E-state index contributed by atoms with van der Waals surface area (Å²) in [6.45, 7) is 0. The molecule has 18 heavy (non-hydrogen) atoms. The van der Waals surface area contributed by atoms with E-state index >= 15 is 0 Å². The van der Waals surface area contributed by atoms with Gasteiger partial charge in [0.2, 0.25) is 0 Å². The lowest BCUT2D eigenvalue weighted by Crippen LogP contribution is -1.97. The van der Waals surface area contributed by atoms with Crippen molar-refractivity contribution in [2.75, 3.05) is 0 Å². The minimum absolute atomic E-state index is 0.0844. The molecule has 2 aromatic carbocycles. The van der Waals surface area contributed by atoms with Crippen molar-refractivity contribution in [2.24, 2.45) is 0 Å². The van der Waals surface area contributed by atoms with Crippen LogP contribution in [0.5, 0.6) is 0 Å². The van der Waals surface area contributed by atoms with Crippen LogP contribution in [0.3, 0.4) is 0 Å². The number of carbonyl (C=O) groups is 1. The summed E-state index contributed by atoms with van der Waals surface area (Å²) in [5.41, 5.74) is 0.752. The van der Waals surface area contributed by atoms with Crippen LogP contribution < -0.4 is 0 Å². The molecular weight excluding hydrogens is 262 g/mol. The predicted molar refractivity (Wildman–Crippen MR) is 63.8 cm³/mol. The Kier molecular flexibility index (Phi) is 3.30. The Balaban J connectivity index is 2.54. The van der Waals surface area contributed by atoms with Gasteiger partial charge in [-0.15, -0.1) is 0 Å². The molecule has 0 aliphatic heterocycles. The van der Waals surface area contributed by atoms with Crippen molar-refractivity contribution < 1.29 is 18.7 Å². The topological polar surface area (TPSA) is 37.3 Å². The summed E-state index contributed by atoms with van der Waals surface area (Å²) in [4.78, 5) is 10.9. The van der Waals surface area contributed by atoms with Gasteiger partial charge in [-0.3, -0.25) is 0 Å². The number of hydrogen-bond donors (Lipinski definition) is 1. The number of rotatable bonds is 2. The molecule has 0 bridgehead atoms. The standard InChI is InChI=1S/C13H7ClF2O2/c14-10-3-1-7(5-9(10)13(17)18)8-2-4-11(15)12(16)6-8/h1-6H,(H,17,18). The normalized spacial score (nSPS) is 10.4. The average molecular weight is 269 g/mol. The van der Waals surface area contributed by atoms with Crippen LogP contribution in [-0.4, -0.2) is 11.1 Å². The maximum atomic E-state index is 13.1. The maximum absolute atomic E-state index is 13.1. The predicted octanol–water partition coefficient (Wildman–Crippen LogP) is 3.98. The van der Waals surface area contributed by atoms with Crippen molar-refractivity contribution in [3.8, 4) is 11.1 Å². The first kappa shape index (κ1) is 12.5. The average Bonchev–Trinajstić information content (AvgIpc) is 2.33. The van der Waals surface area contributed by atoms with Gasteiger partial charge in [0.05, 0.1) is 10.6 Å². The molecule has 0 amide bonds. The molecule has 2 rings (SSSR count). The largest absolute Gasteiger partial charge is 0.478 e. The molecule has 0 heterocycles. The molecule has 0 radical (unpaired) electrons. The van der Waals surface area contributed by atoms with Gasteiger partial charge in [0.25, 0.3) is 0 Å². The molecule has 5 heteroatoms. The molecule has 0 aliphatic carbocycles. The third kappa shape index (κ3) is 2.33. The molecule has 0 aliphatic rings. The number of carboxylic acid groups (broad SMARTS) is 1. The Bertz CT molecular complexity index is 626. The summed E-state index contributed by atoms with van der Waals surface area (Å²) in [6, 6.07) is 7.62. The molecular formula is C13H7ClF2O2. The molecule has 1 N–H and O–H groups in total. The van der Waals surface area contributed by atoms with E-state index in [-0.39, 0.29) is 10.6 Å². The zero-order valence-corrected chi connectivity index (χ0v) is 9.71. The summed E-state index contributed by atoms with van der Waals surface area (Å²) >= 11 is 5.72. The number of aromatic carboxylic acids is 1. The molecule has 0 atom stereocenters. The van der Waals surface area contributed by atoms with E-state index in [1.807, 2.05) is 0 Å². The highest BCUT2D eigenvalue weighted by Crippen LogP contribution is 2.26. The monoisotopic (exact) mass is 268 g/mol. The van der Waals surface area contributed by atoms with Crippen LogP contribution in [0.2, 0.25) is 5.02 Å². The first-order chi connectivity index (χ1) is 8.49. The van der Waals surface area contributed by atoms with Gasteiger partial charge in [0.15, 0.2) is 11.6 Å². The number of benzene rings is 2. The molecule has 0 aromatic heterocycles. The van der Waals surface area contributed by atoms with E-state index in [4.69, 9.17) is 16.7 Å². The van der Waals surface area contributed by atoms with Crippen molar-refractivity contribution in [3.05, 3.63) is 58.6 Å². The minimum atomic E-state index is -1.18. The van der Waals surface area contributed by atoms with E-state index in [1.54, 1.807) is 6.07 Å². The Morgan fingerprint density at radius 1 is 1.00 bits per heavy atom. The highest BCUT2D eigenvalue weighted by Gasteiger charge is 2.11. The van der Waals surface area contributed by atoms with Gasteiger partial charge in [0.1, 0.15) is 0 Å². The van der Waals surface area contributed by atoms with Gasteiger partial charge in [-0.2, -0.15) is 0 Å². The summed E-state index contributed by atoms with van der Waals surface area (Å²) in [5.74, 6) is -3.12. The van der Waals surface area contributed by atoms with Gasteiger partial charge < -0.3 is 5.11 Å². The Hall–Kier alpha value is -1.94. The quantitative estimate of drug-likeness (QED) is 0.894. The van der Waals surface area contributed by atoms with E-state index in [9.17, 15) is 13.6 Å². The number of hydrogen-bond acceptors (Lipinski definition) is 1. The summed E-state index contributed by atoms with van der Waals surface area (Å²) in [5, 5.41) is 9.01. The van der Waals surface area contributed by atoms with E-state index in [2.05, 4.69) is 0 Å². The molecule has 2 nitrogen and oxygen atoms in total. The number of halogens is 3. The van der Waals surface area contributed by atoms with Crippen LogP contribution in [0.4, 0.5) is 8.78 Å². The first-order valence-corrected chi connectivity index (χ1v) is 5.35. The van der Waals surface area contributed by atoms with E-state index < -0.39 is 17.6 Å². The highest BCUT2D eigenvalue weighted by atomic mass is 35.5. The maximum Gasteiger partial charge on any atom is 0.337 e. The summed E-state index contributed by atoms with van der Waals surface area (Å²) in [7, 11) is 0. The summed E-state index contributed by atoms with van der Waals surface area (Å²) in [6.07, 6.45) is 0. The van der Waals surface area contributed by atoms with Gasteiger partial charge in [-0.05, 0) is 35.4 Å². The summed E-state index contributed by atoms with van der Waals surface area (Å²) < 4.78 is 25.9. The fraction of sp³-hybridized carbons (Fsp3) is 0. The van der Waals surface area contributed by atoms with Gasteiger partial charge >= 0.3 is 5.97 Å². The van der Waals surface area contributed by atoms with Crippen LogP contribution in [0.1, 0.15) is 10.4 Å². The van der Waals surface area contributed by atoms with Gasteiger partial charge in [-0.1, -0.05) is 23.7 Å². The van der Waals surface area contributed by atoms with Crippen molar-refractivity contribution in [1.29, 1.82) is 0 Å². The third-order valence-electron chi connectivity index (χ3n) is 2.45. The first-order valence-electron chi connectivity index (χ1n) is 4.97. The van der Waals surface area contributed by atoms with Crippen LogP contribution in [-0.2, 0) is 0 Å². The van der Waals surface area contributed by atoms with Gasteiger partial charge in [0, 0.05) is 0 Å². The van der Waals surface area contributed by atoms with Crippen LogP contribution in [0, 0.1) is 11.6 Å². The minimum Gasteiger partial charge on any atom is -0.478 e. The fourth-order valence-corrected chi connectivity index (χ4v) is 1.74. The molecule has 2 aromatic rings. The molecule has 92 valence electrons. The highest BCUT2D eigenvalue weighted by molar-refractivity contribution is 6.33. The van der Waals surface area contributed by atoms with Crippen LogP contribution >= 0.6 is 11.6 Å². The Morgan fingerprint density at radius 2 is 1.61 bits per heavy atom. The van der Waals surface area contributed by atoms with Crippen molar-refractivity contribution in [1.82, 2.24) is 0 Å². The van der Waals surface area contributed by atoms with E-state index in [0.717, 1.165) is 12.1 Å².